The lowest BCUT2D eigenvalue weighted by molar-refractivity contribution is 0.0563. The number of likely N-dealkylation sites (N-methyl/N-ethyl adjacent to an activating group) is 1. The number of benzene rings is 3. The molecule has 3 atom stereocenters. The van der Waals surface area contributed by atoms with E-state index in [-0.39, 0.29) is 16.4 Å². The van der Waals surface area contributed by atoms with Gasteiger partial charge in [-0.3, -0.25) is 0 Å². The van der Waals surface area contributed by atoms with Gasteiger partial charge >= 0.3 is 0 Å². The first-order chi connectivity index (χ1) is 17.8. The Kier molecular flexibility index (Phi) is 7.69. The highest BCUT2D eigenvalue weighted by Gasteiger charge is 2.55. The minimum atomic E-state index is -0.250. The third-order valence-electron chi connectivity index (χ3n) is 10.0. The molecular weight excluding hydrogens is 495 g/mol. The van der Waals surface area contributed by atoms with Crippen molar-refractivity contribution in [3.8, 4) is 0 Å². The first-order valence-corrected chi connectivity index (χ1v) is 14.9. The molecule has 0 spiro atoms. The lowest BCUT2D eigenvalue weighted by Gasteiger charge is -2.58. The van der Waals surface area contributed by atoms with Crippen molar-refractivity contribution in [3.63, 3.8) is 0 Å². The third-order valence-corrected chi connectivity index (χ3v) is 10.5. The number of halogens is 2. The van der Waals surface area contributed by atoms with Crippen LogP contribution in [-0.2, 0) is 10.8 Å². The molecule has 2 aliphatic rings. The summed E-state index contributed by atoms with van der Waals surface area (Å²) in [4.78, 5) is 0. The fourth-order valence-electron chi connectivity index (χ4n) is 8.02. The van der Waals surface area contributed by atoms with Gasteiger partial charge in [-0.25, -0.2) is 0 Å². The summed E-state index contributed by atoms with van der Waals surface area (Å²) in [7, 11) is 2.14. The minimum absolute atomic E-state index is 0.0242. The Bertz CT molecular complexity index is 1230. The van der Waals surface area contributed by atoms with E-state index in [1.807, 2.05) is 6.07 Å². The van der Waals surface area contributed by atoms with Crippen molar-refractivity contribution < 1.29 is 0 Å². The van der Waals surface area contributed by atoms with E-state index in [2.05, 4.69) is 80.8 Å². The summed E-state index contributed by atoms with van der Waals surface area (Å²) >= 11 is 12.5. The molecule has 0 saturated heterocycles. The van der Waals surface area contributed by atoms with Crippen LogP contribution in [0.15, 0.2) is 60.7 Å². The van der Waals surface area contributed by atoms with Crippen LogP contribution in [-0.4, -0.2) is 18.6 Å². The van der Waals surface area contributed by atoms with Crippen molar-refractivity contribution in [2.24, 2.45) is 11.7 Å². The molecule has 3 unspecified atom stereocenters. The fourth-order valence-corrected chi connectivity index (χ4v) is 8.32. The van der Waals surface area contributed by atoms with Crippen LogP contribution >= 0.6 is 23.2 Å². The van der Waals surface area contributed by atoms with Crippen LogP contribution in [0.1, 0.15) is 82.8 Å². The molecule has 3 N–H and O–H groups in total. The molecule has 198 valence electrons. The third kappa shape index (κ3) is 4.63. The Balaban J connectivity index is 1.48. The van der Waals surface area contributed by atoms with Gasteiger partial charge in [0, 0.05) is 32.5 Å². The Labute approximate surface area is 233 Å². The van der Waals surface area contributed by atoms with Crippen molar-refractivity contribution >= 4 is 34.0 Å². The average molecular weight is 538 g/mol. The van der Waals surface area contributed by atoms with Gasteiger partial charge in [0.25, 0.3) is 0 Å². The SMILES string of the molecule is CCCC(N)(CC(C)C(NC)C1(c2ccc(Cl)cc2)CCC1)C1(c2ccc3cc(Cl)ccc3c2)CCC1. The van der Waals surface area contributed by atoms with E-state index in [9.17, 15) is 0 Å². The topological polar surface area (TPSA) is 38.0 Å². The first-order valence-electron chi connectivity index (χ1n) is 14.2. The van der Waals surface area contributed by atoms with Crippen LogP contribution in [0.2, 0.25) is 10.0 Å². The van der Waals surface area contributed by atoms with Crippen molar-refractivity contribution in [1.82, 2.24) is 5.32 Å². The second-order valence-corrected chi connectivity index (χ2v) is 12.9. The normalized spacial score (nSPS) is 21.5. The molecule has 37 heavy (non-hydrogen) atoms. The molecule has 4 heteroatoms. The van der Waals surface area contributed by atoms with Crippen molar-refractivity contribution in [1.29, 1.82) is 0 Å². The van der Waals surface area contributed by atoms with Gasteiger partial charge in [-0.15, -0.1) is 0 Å². The van der Waals surface area contributed by atoms with E-state index in [0.717, 1.165) is 29.3 Å². The van der Waals surface area contributed by atoms with Crippen LogP contribution in [0.4, 0.5) is 0 Å². The second kappa shape index (κ2) is 10.5. The number of nitrogens with one attached hydrogen (secondary N) is 1. The molecule has 0 aliphatic heterocycles. The van der Waals surface area contributed by atoms with E-state index in [1.54, 1.807) is 0 Å². The molecule has 0 amide bonds. The van der Waals surface area contributed by atoms with Crippen molar-refractivity contribution in [2.75, 3.05) is 7.05 Å². The number of fused-ring (bicyclic) bond motifs is 1. The van der Waals surface area contributed by atoms with Gasteiger partial charge < -0.3 is 11.1 Å². The summed E-state index contributed by atoms with van der Waals surface area (Å²) < 4.78 is 0. The molecule has 0 radical (unpaired) electrons. The smallest absolute Gasteiger partial charge is 0.0412 e. The Morgan fingerprint density at radius 3 is 2.03 bits per heavy atom. The van der Waals surface area contributed by atoms with Crippen molar-refractivity contribution in [3.05, 3.63) is 81.8 Å². The number of hydrogen-bond acceptors (Lipinski definition) is 2. The maximum absolute atomic E-state index is 7.64. The van der Waals surface area contributed by atoms with Gasteiger partial charge in [-0.05, 0) is 97.7 Å². The summed E-state index contributed by atoms with van der Waals surface area (Å²) in [5.74, 6) is 0.439. The lowest BCUT2D eigenvalue weighted by Crippen LogP contribution is -2.64. The minimum Gasteiger partial charge on any atom is -0.324 e. The van der Waals surface area contributed by atoms with Gasteiger partial charge in [0.15, 0.2) is 0 Å². The highest BCUT2D eigenvalue weighted by atomic mass is 35.5. The van der Waals surface area contributed by atoms with E-state index in [0.29, 0.717) is 12.0 Å². The maximum atomic E-state index is 7.64. The largest absolute Gasteiger partial charge is 0.324 e. The maximum Gasteiger partial charge on any atom is 0.0412 e. The zero-order valence-corrected chi connectivity index (χ0v) is 24.1. The Hall–Kier alpha value is -1.58. The lowest BCUT2D eigenvalue weighted by atomic mass is 9.50. The Morgan fingerprint density at radius 1 is 0.865 bits per heavy atom. The molecule has 0 heterocycles. The Morgan fingerprint density at radius 2 is 1.46 bits per heavy atom. The van der Waals surface area contributed by atoms with Gasteiger partial charge in [-0.2, -0.15) is 0 Å². The second-order valence-electron chi connectivity index (χ2n) is 12.0. The van der Waals surface area contributed by atoms with E-state index in [4.69, 9.17) is 28.9 Å². The number of hydrogen-bond donors (Lipinski definition) is 2. The molecule has 3 aromatic rings. The van der Waals surface area contributed by atoms with Crippen molar-refractivity contribution in [2.45, 2.75) is 94.0 Å². The van der Waals surface area contributed by atoms with Gasteiger partial charge in [0.2, 0.25) is 0 Å². The molecule has 3 aromatic carbocycles. The molecule has 5 rings (SSSR count). The van der Waals surface area contributed by atoms with E-state index >= 15 is 0 Å². The van der Waals surface area contributed by atoms with Gasteiger partial charge in [0.1, 0.15) is 0 Å². The fraction of sp³-hybridized carbons (Fsp3) is 0.515. The van der Waals surface area contributed by atoms with E-state index < -0.39 is 0 Å². The predicted molar refractivity (Wildman–Crippen MR) is 160 cm³/mol. The molecule has 2 nitrogen and oxygen atoms in total. The quantitative estimate of drug-likeness (QED) is 0.271. The van der Waals surface area contributed by atoms with E-state index in [1.165, 1.54) is 60.4 Å². The van der Waals surface area contributed by atoms with Crippen LogP contribution in [0.5, 0.6) is 0 Å². The van der Waals surface area contributed by atoms with Crippen LogP contribution in [0, 0.1) is 5.92 Å². The summed E-state index contributed by atoms with van der Waals surface area (Å²) in [6.45, 7) is 4.72. The summed E-state index contributed by atoms with van der Waals surface area (Å²) in [6.07, 6.45) is 10.5. The number of rotatable bonds is 10. The zero-order chi connectivity index (χ0) is 26.3. The average Bonchev–Trinajstić information content (AvgIpc) is 2.81. The molecular formula is C33H42Cl2N2. The van der Waals surface area contributed by atoms with Crippen LogP contribution in [0.25, 0.3) is 10.8 Å². The summed E-state index contributed by atoms with van der Waals surface area (Å²) in [6, 6.07) is 22.1. The summed E-state index contributed by atoms with van der Waals surface area (Å²) in [5, 5.41) is 7.82. The predicted octanol–water partition coefficient (Wildman–Crippen LogP) is 8.80. The van der Waals surface area contributed by atoms with Gasteiger partial charge in [0.05, 0.1) is 0 Å². The molecule has 0 aromatic heterocycles. The van der Waals surface area contributed by atoms with Crippen LogP contribution < -0.4 is 11.1 Å². The zero-order valence-electron chi connectivity index (χ0n) is 22.6. The van der Waals surface area contributed by atoms with Gasteiger partial charge in [-0.1, -0.05) is 92.7 Å². The highest BCUT2D eigenvalue weighted by Crippen LogP contribution is 2.56. The number of nitrogens with two attached hydrogens (primary N) is 1. The standard InChI is InChI=1S/C33H42Cl2N2/c1-4-15-33(36,32(18-6-19-32)27-9-7-25-21-29(35)12-8-24(25)20-27)22-23(2)30(37-3)31(16-5-17-31)26-10-13-28(34)14-11-26/h7-14,20-21,23,30,37H,4-6,15-19,22,36H2,1-3H3. The molecule has 0 bridgehead atoms. The monoisotopic (exact) mass is 536 g/mol. The van der Waals surface area contributed by atoms with Crippen LogP contribution in [0.3, 0.4) is 0 Å². The highest BCUT2D eigenvalue weighted by molar-refractivity contribution is 6.31. The molecule has 2 fully saturated rings. The first kappa shape index (κ1) is 27.0. The summed E-state index contributed by atoms with van der Waals surface area (Å²) in [5.41, 5.74) is 10.4. The molecule has 2 saturated carbocycles. The molecule has 2 aliphatic carbocycles.